The van der Waals surface area contributed by atoms with Crippen LogP contribution in [-0.4, -0.2) is 11.9 Å². The number of carbonyl (C=O) groups excluding carboxylic acids is 2. The fraction of sp³-hybridized carbons (Fsp3) is 0.111. The van der Waals surface area contributed by atoms with Gasteiger partial charge in [0.05, 0.1) is 0 Å². The summed E-state index contributed by atoms with van der Waals surface area (Å²) in [4.78, 5) is 22.0. The summed E-state index contributed by atoms with van der Waals surface area (Å²) in [6, 6.07) is 1.96. The van der Waals surface area contributed by atoms with Gasteiger partial charge < -0.3 is 0 Å². The zero-order valence-electron chi connectivity index (χ0n) is 7.92. The molecule has 2 rings (SSSR count). The molecule has 0 unspecified atom stereocenters. The van der Waals surface area contributed by atoms with E-state index in [1.165, 1.54) is 0 Å². The van der Waals surface area contributed by atoms with Crippen molar-refractivity contribution in [2.45, 2.75) is 6.92 Å². The third-order valence-electron chi connectivity index (χ3n) is 1.73. The minimum absolute atomic E-state index is 0.0645. The third-order valence-corrected chi connectivity index (χ3v) is 5.48. The van der Waals surface area contributed by atoms with E-state index in [0.29, 0.717) is 0 Å². The number of hydrogen-bond donors (Lipinski definition) is 0. The van der Waals surface area contributed by atoms with Crippen molar-refractivity contribution >= 4 is 32.6 Å². The summed E-state index contributed by atoms with van der Waals surface area (Å²) in [5.74, 6) is -3.73. The molecule has 1 aromatic rings. The van der Waals surface area contributed by atoms with Gasteiger partial charge in [0, 0.05) is 0 Å². The Hall–Kier alpha value is -1.25. The molecule has 0 atom stereocenters. The second-order valence-corrected chi connectivity index (χ2v) is 6.07. The number of fused-ring (bicyclic) bond motifs is 1. The Morgan fingerprint density at radius 2 is 2.12 bits per heavy atom. The Kier molecular flexibility index (Phi) is 2.78. The first-order valence-electron chi connectivity index (χ1n) is 4.10. The Morgan fingerprint density at radius 3 is 2.75 bits per heavy atom. The average Bonchev–Trinajstić information content (AvgIpc) is 2.49. The second-order valence-electron chi connectivity index (χ2n) is 2.87. The van der Waals surface area contributed by atoms with E-state index in [0.717, 1.165) is 19.1 Å². The molecule has 1 aliphatic heterocycles. The van der Waals surface area contributed by atoms with Crippen molar-refractivity contribution in [2.75, 3.05) is 0 Å². The summed E-state index contributed by atoms with van der Waals surface area (Å²) in [7, 11) is 0. The molecule has 1 aromatic carbocycles. The molecule has 0 spiro atoms. The molecule has 1 heterocycles. The van der Waals surface area contributed by atoms with E-state index in [4.69, 9.17) is 6.13 Å². The topological polar surface area (TPSA) is 52.6 Å². The molecule has 0 radical (unpaired) electrons. The Labute approximate surface area is 97.0 Å². The van der Waals surface area contributed by atoms with E-state index >= 15 is 0 Å². The average molecular weight is 342 g/mol. The van der Waals surface area contributed by atoms with Crippen LogP contribution in [0.15, 0.2) is 12.1 Å². The van der Waals surface area contributed by atoms with Crippen LogP contribution < -0.4 is 0 Å². The van der Waals surface area contributed by atoms with Gasteiger partial charge in [-0.2, -0.15) is 0 Å². The zero-order valence-corrected chi connectivity index (χ0v) is 10.1. The van der Waals surface area contributed by atoms with E-state index in [2.05, 4.69) is 0 Å². The van der Waals surface area contributed by atoms with Crippen molar-refractivity contribution in [3.8, 4) is 0 Å². The van der Waals surface area contributed by atoms with Crippen LogP contribution in [0.25, 0.3) is 0 Å². The van der Waals surface area contributed by atoms with Crippen molar-refractivity contribution < 1.29 is 24.5 Å². The fourth-order valence-corrected chi connectivity index (χ4v) is 4.34. The van der Waals surface area contributed by atoms with Crippen molar-refractivity contribution in [3.05, 3.63) is 32.9 Å². The maximum absolute atomic E-state index is 13.4. The number of carbonyl (C=O) groups is 2. The predicted molar refractivity (Wildman–Crippen MR) is 56.3 cm³/mol. The number of hydrogen-bond acceptors (Lipinski definition) is 4. The van der Waals surface area contributed by atoms with Crippen LogP contribution in [0.4, 0.5) is 8.78 Å². The summed E-state index contributed by atoms with van der Waals surface area (Å²) in [5, 5.41) is 0. The fourth-order valence-electron chi connectivity index (χ4n) is 1.13. The molecule has 0 bridgehead atoms. The van der Waals surface area contributed by atoms with Crippen LogP contribution in [0.3, 0.4) is 0 Å². The standard InChI is InChI=1S/C9H5F2IO4/c1-4(13)15-12-8-5(9(14)16-12)2-3-6(10)7(8)11/h2-3H,1H3. The van der Waals surface area contributed by atoms with Gasteiger partial charge in [-0.15, -0.1) is 0 Å². The molecular formula is C9H5F2IO4. The van der Waals surface area contributed by atoms with Crippen LogP contribution in [0.5, 0.6) is 0 Å². The van der Waals surface area contributed by atoms with Gasteiger partial charge in [0.25, 0.3) is 0 Å². The van der Waals surface area contributed by atoms with Gasteiger partial charge in [-0.3, -0.25) is 0 Å². The molecular weight excluding hydrogens is 337 g/mol. The molecule has 0 aromatic heterocycles. The monoisotopic (exact) mass is 342 g/mol. The van der Waals surface area contributed by atoms with Crippen LogP contribution in [0, 0.1) is 15.2 Å². The first-order chi connectivity index (χ1) is 7.50. The van der Waals surface area contributed by atoms with E-state index in [1.54, 1.807) is 0 Å². The quantitative estimate of drug-likeness (QED) is 0.580. The Balaban J connectivity index is 2.50. The van der Waals surface area contributed by atoms with Crippen LogP contribution in [0.2, 0.25) is 0 Å². The van der Waals surface area contributed by atoms with Gasteiger partial charge in [0.2, 0.25) is 0 Å². The summed E-state index contributed by atoms with van der Waals surface area (Å²) >= 11 is -3.16. The molecule has 0 amide bonds. The normalized spacial score (nSPS) is 15.7. The van der Waals surface area contributed by atoms with E-state index in [9.17, 15) is 18.4 Å². The summed E-state index contributed by atoms with van der Waals surface area (Å²) < 4.78 is 35.6. The van der Waals surface area contributed by atoms with Gasteiger partial charge in [0.15, 0.2) is 0 Å². The van der Waals surface area contributed by atoms with Gasteiger partial charge in [0.1, 0.15) is 0 Å². The van der Waals surface area contributed by atoms with E-state index in [1.807, 2.05) is 0 Å². The van der Waals surface area contributed by atoms with Crippen molar-refractivity contribution in [1.29, 1.82) is 0 Å². The molecule has 4 nitrogen and oxygen atoms in total. The zero-order chi connectivity index (χ0) is 11.9. The molecule has 0 N–H and O–H groups in total. The Morgan fingerprint density at radius 1 is 1.44 bits per heavy atom. The molecule has 7 heteroatoms. The number of halogens is 3. The predicted octanol–water partition coefficient (Wildman–Crippen LogP) is 2.20. The van der Waals surface area contributed by atoms with E-state index in [-0.39, 0.29) is 9.13 Å². The van der Waals surface area contributed by atoms with Crippen molar-refractivity contribution in [3.63, 3.8) is 0 Å². The molecule has 16 heavy (non-hydrogen) atoms. The van der Waals surface area contributed by atoms with Crippen molar-refractivity contribution in [1.82, 2.24) is 0 Å². The summed E-state index contributed by atoms with van der Waals surface area (Å²) in [6.45, 7) is 1.11. The second kappa shape index (κ2) is 3.96. The minimum atomic E-state index is -3.16. The van der Waals surface area contributed by atoms with Crippen LogP contribution in [-0.2, 0) is 10.9 Å². The third kappa shape index (κ3) is 1.75. The SMILES string of the molecule is CC(=O)OI1OC(=O)c2ccc(F)c(F)c21. The maximum atomic E-state index is 13.4. The van der Waals surface area contributed by atoms with Gasteiger partial charge in [-0.1, -0.05) is 0 Å². The van der Waals surface area contributed by atoms with Gasteiger partial charge in [-0.05, 0) is 0 Å². The van der Waals surface area contributed by atoms with Crippen molar-refractivity contribution in [2.24, 2.45) is 0 Å². The van der Waals surface area contributed by atoms with Crippen LogP contribution in [0.1, 0.15) is 17.3 Å². The van der Waals surface area contributed by atoms with Gasteiger partial charge >= 0.3 is 96.9 Å². The number of benzene rings is 1. The molecule has 0 aliphatic carbocycles. The molecule has 0 fully saturated rings. The molecule has 86 valence electrons. The molecule has 0 saturated heterocycles. The molecule has 1 aliphatic rings. The Bertz CT molecular complexity index is 487. The number of rotatable bonds is 1. The van der Waals surface area contributed by atoms with Gasteiger partial charge in [-0.25, -0.2) is 0 Å². The van der Waals surface area contributed by atoms with E-state index < -0.39 is 44.2 Å². The van der Waals surface area contributed by atoms with Crippen LogP contribution >= 0.6 is 20.6 Å². The first-order valence-corrected chi connectivity index (χ1v) is 6.94. The molecule has 0 saturated carbocycles. The first kappa shape index (κ1) is 11.2. The summed E-state index contributed by atoms with van der Waals surface area (Å²) in [5.41, 5.74) is -0.0645. The summed E-state index contributed by atoms with van der Waals surface area (Å²) in [6.07, 6.45) is 0.